The molecule has 0 aliphatic carbocycles. The number of carbonyl (C=O) groups is 3. The number of nitrogens with one attached hydrogen (secondary N) is 2. The summed E-state index contributed by atoms with van der Waals surface area (Å²) >= 11 is 0. The van der Waals surface area contributed by atoms with Crippen molar-refractivity contribution in [2.24, 2.45) is 0 Å². The molecule has 1 aromatic heterocycles. The number of para-hydroxylation sites is 1. The number of aromatic nitrogens is 1. The number of amides is 2. The van der Waals surface area contributed by atoms with Crippen LogP contribution in [0.2, 0.25) is 0 Å². The van der Waals surface area contributed by atoms with Gasteiger partial charge in [-0.1, -0.05) is 30.3 Å². The maximum atomic E-state index is 13.7. The van der Waals surface area contributed by atoms with Crippen LogP contribution in [0.1, 0.15) is 39.6 Å². The normalized spacial score (nSPS) is 19.8. The number of hydrogen-bond acceptors (Lipinski definition) is 4. The average Bonchev–Trinajstić information content (AvgIpc) is 3.23. The maximum absolute atomic E-state index is 13.7. The summed E-state index contributed by atoms with van der Waals surface area (Å²) < 4.78 is 4.83. The first-order valence-corrected chi connectivity index (χ1v) is 12.1. The van der Waals surface area contributed by atoms with E-state index in [1.165, 1.54) is 12.0 Å². The summed E-state index contributed by atoms with van der Waals surface area (Å²) in [6.07, 6.45) is 1.33. The molecular formula is C27H31N4O4+. The van der Waals surface area contributed by atoms with Crippen molar-refractivity contribution in [3.63, 3.8) is 0 Å². The molecule has 1 saturated heterocycles. The number of H-pyrrole nitrogens is 1. The number of aromatic amines is 1. The van der Waals surface area contributed by atoms with Gasteiger partial charge in [-0.25, -0.2) is 4.79 Å². The van der Waals surface area contributed by atoms with Crippen LogP contribution in [0.4, 0.5) is 0 Å². The minimum Gasteiger partial charge on any atom is -0.465 e. The van der Waals surface area contributed by atoms with E-state index in [0.29, 0.717) is 18.5 Å². The molecule has 0 unspecified atom stereocenters. The Morgan fingerprint density at radius 3 is 2.57 bits per heavy atom. The molecule has 2 N–H and O–H groups in total. The van der Waals surface area contributed by atoms with E-state index in [4.69, 9.17) is 4.74 Å². The van der Waals surface area contributed by atoms with Crippen LogP contribution in [0.25, 0.3) is 10.9 Å². The van der Waals surface area contributed by atoms with E-state index in [9.17, 15) is 14.4 Å². The third-order valence-electron chi connectivity index (χ3n) is 7.09. The Morgan fingerprint density at radius 2 is 1.86 bits per heavy atom. The minimum atomic E-state index is -0.556. The highest BCUT2D eigenvalue weighted by Crippen LogP contribution is 2.42. The van der Waals surface area contributed by atoms with Crippen LogP contribution < -0.4 is 4.90 Å². The Labute approximate surface area is 204 Å². The van der Waals surface area contributed by atoms with E-state index in [1.54, 1.807) is 21.9 Å². The zero-order valence-electron chi connectivity index (χ0n) is 20.3. The van der Waals surface area contributed by atoms with Gasteiger partial charge in [-0.3, -0.25) is 9.59 Å². The number of piperazine rings is 1. The quantitative estimate of drug-likeness (QED) is 0.524. The molecule has 2 aromatic carbocycles. The molecule has 2 amide bonds. The van der Waals surface area contributed by atoms with Gasteiger partial charge in [-0.05, 0) is 29.3 Å². The summed E-state index contributed by atoms with van der Waals surface area (Å²) in [7, 11) is 5.52. The van der Waals surface area contributed by atoms with Gasteiger partial charge in [-0.15, -0.1) is 0 Å². The third kappa shape index (κ3) is 4.08. The van der Waals surface area contributed by atoms with Crippen molar-refractivity contribution in [3.05, 3.63) is 70.9 Å². The molecule has 0 bridgehead atoms. The summed E-state index contributed by atoms with van der Waals surface area (Å²) in [6.45, 7) is 1.61. The summed E-state index contributed by atoms with van der Waals surface area (Å²) in [5.74, 6) is -0.465. The van der Waals surface area contributed by atoms with Crippen molar-refractivity contribution in [3.8, 4) is 0 Å². The number of hydrogen-bond donors (Lipinski definition) is 2. The second-order valence-electron chi connectivity index (χ2n) is 9.67. The number of methoxy groups -OCH3 is 1. The summed E-state index contributed by atoms with van der Waals surface area (Å²) in [4.78, 5) is 47.5. The molecule has 2 aliphatic rings. The Balaban J connectivity index is 1.56. The lowest BCUT2D eigenvalue weighted by atomic mass is 9.86. The first kappa shape index (κ1) is 23.1. The first-order chi connectivity index (χ1) is 16.9. The fourth-order valence-corrected chi connectivity index (χ4v) is 5.40. The molecule has 3 heterocycles. The van der Waals surface area contributed by atoms with E-state index >= 15 is 0 Å². The van der Waals surface area contributed by atoms with Crippen LogP contribution in [0.15, 0.2) is 48.5 Å². The van der Waals surface area contributed by atoms with E-state index in [-0.39, 0.29) is 18.4 Å². The van der Waals surface area contributed by atoms with Gasteiger partial charge < -0.3 is 24.4 Å². The van der Waals surface area contributed by atoms with Crippen LogP contribution in [0.3, 0.4) is 0 Å². The number of quaternary nitrogens is 1. The third-order valence-corrected chi connectivity index (χ3v) is 7.09. The fraction of sp³-hybridized carbons (Fsp3) is 0.370. The van der Waals surface area contributed by atoms with Gasteiger partial charge >= 0.3 is 5.97 Å². The van der Waals surface area contributed by atoms with Crippen LogP contribution in [-0.4, -0.2) is 79.4 Å². The van der Waals surface area contributed by atoms with Crippen molar-refractivity contribution in [2.75, 3.05) is 40.8 Å². The van der Waals surface area contributed by atoms with Crippen LogP contribution >= 0.6 is 0 Å². The molecule has 0 spiro atoms. The molecule has 2 atom stereocenters. The largest absolute Gasteiger partial charge is 0.465 e. The molecule has 1 fully saturated rings. The van der Waals surface area contributed by atoms with Crippen molar-refractivity contribution in [1.29, 1.82) is 0 Å². The van der Waals surface area contributed by atoms with Crippen LogP contribution in [0.5, 0.6) is 0 Å². The lowest BCUT2D eigenvalue weighted by Crippen LogP contribution is -3.05. The van der Waals surface area contributed by atoms with Gasteiger partial charge in [0.2, 0.25) is 11.8 Å². The molecule has 0 radical (unpaired) electrons. The first-order valence-electron chi connectivity index (χ1n) is 12.1. The zero-order valence-corrected chi connectivity index (χ0v) is 20.3. The van der Waals surface area contributed by atoms with Crippen molar-refractivity contribution < 1.29 is 24.0 Å². The smallest absolute Gasteiger partial charge is 0.337 e. The second-order valence-corrected chi connectivity index (χ2v) is 9.67. The predicted octanol–water partition coefficient (Wildman–Crippen LogP) is 1.17. The molecule has 3 aromatic rings. The van der Waals surface area contributed by atoms with E-state index in [0.717, 1.165) is 40.7 Å². The SMILES string of the molecule is COC(=O)c1ccc([C@H]2c3[nH]c4ccccc4c3C[C@H]3C(=O)N(CCC[NH+](C)C)CC(=O)N23)cc1. The molecule has 5 rings (SSSR count). The highest BCUT2D eigenvalue weighted by Gasteiger charge is 2.48. The number of ether oxygens (including phenoxy) is 1. The molecule has 0 saturated carbocycles. The number of nitrogens with zero attached hydrogens (tertiary/aromatic N) is 2. The van der Waals surface area contributed by atoms with Crippen molar-refractivity contribution in [2.45, 2.75) is 24.9 Å². The van der Waals surface area contributed by atoms with Gasteiger partial charge in [0.05, 0.1) is 45.9 Å². The minimum absolute atomic E-state index is 0.00506. The number of esters is 1. The van der Waals surface area contributed by atoms with Crippen molar-refractivity contribution >= 4 is 28.7 Å². The Hall–Kier alpha value is -3.65. The zero-order chi connectivity index (χ0) is 24.7. The highest BCUT2D eigenvalue weighted by molar-refractivity contribution is 5.97. The van der Waals surface area contributed by atoms with E-state index in [2.05, 4.69) is 25.1 Å². The molecule has 8 nitrogen and oxygen atoms in total. The predicted molar refractivity (Wildman–Crippen MR) is 131 cm³/mol. The van der Waals surface area contributed by atoms with Crippen LogP contribution in [-0.2, 0) is 20.7 Å². The number of benzene rings is 2. The molecule has 8 heteroatoms. The van der Waals surface area contributed by atoms with Gasteiger partial charge in [0.15, 0.2) is 0 Å². The second kappa shape index (κ2) is 9.19. The number of rotatable bonds is 6. The molecule has 35 heavy (non-hydrogen) atoms. The molecule has 182 valence electrons. The lowest BCUT2D eigenvalue weighted by Gasteiger charge is -2.47. The van der Waals surface area contributed by atoms with Crippen molar-refractivity contribution in [1.82, 2.24) is 14.8 Å². The Morgan fingerprint density at radius 1 is 1.11 bits per heavy atom. The fourth-order valence-electron chi connectivity index (χ4n) is 5.40. The van der Waals surface area contributed by atoms with Gasteiger partial charge in [0, 0.05) is 36.0 Å². The number of carbonyl (C=O) groups excluding carboxylic acids is 3. The molecular weight excluding hydrogens is 444 g/mol. The monoisotopic (exact) mass is 475 g/mol. The van der Waals surface area contributed by atoms with E-state index in [1.807, 2.05) is 30.3 Å². The van der Waals surface area contributed by atoms with Gasteiger partial charge in [0.1, 0.15) is 6.04 Å². The van der Waals surface area contributed by atoms with Gasteiger partial charge in [0.25, 0.3) is 0 Å². The standard InChI is InChI=1S/C27H30N4O4/c1-29(2)13-6-14-30-16-23(32)31-22(26(30)33)15-20-19-7-4-5-8-21(19)28-24(20)25(31)17-9-11-18(12-10-17)27(34)35-3/h4-5,7-12,22,25,28H,6,13-16H2,1-3H3/p+1/t22-,25-/m0/s1. The van der Waals surface area contributed by atoms with Crippen LogP contribution in [0, 0.1) is 0 Å². The highest BCUT2D eigenvalue weighted by atomic mass is 16.5. The number of fused-ring (bicyclic) bond motifs is 4. The van der Waals surface area contributed by atoms with Gasteiger partial charge in [-0.2, -0.15) is 0 Å². The summed E-state index contributed by atoms with van der Waals surface area (Å²) in [5.41, 5.74) is 4.28. The molecule has 2 aliphatic heterocycles. The van der Waals surface area contributed by atoms with E-state index < -0.39 is 18.1 Å². The Kier molecular flexibility index (Phi) is 6.06. The Bertz CT molecular complexity index is 1280. The summed E-state index contributed by atoms with van der Waals surface area (Å²) in [6, 6.07) is 14.2. The lowest BCUT2D eigenvalue weighted by molar-refractivity contribution is -0.858. The maximum Gasteiger partial charge on any atom is 0.337 e. The average molecular weight is 476 g/mol. The topological polar surface area (TPSA) is 87.1 Å². The summed E-state index contributed by atoms with van der Waals surface area (Å²) in [5, 5.41) is 1.08.